The minimum atomic E-state index is 0.0714. The van der Waals surface area contributed by atoms with Gasteiger partial charge < -0.3 is 5.73 Å². The summed E-state index contributed by atoms with van der Waals surface area (Å²) < 4.78 is 1.10. The summed E-state index contributed by atoms with van der Waals surface area (Å²) in [6.45, 7) is 1.99. The van der Waals surface area contributed by atoms with Gasteiger partial charge in [-0.3, -0.25) is 0 Å². The summed E-state index contributed by atoms with van der Waals surface area (Å²) in [7, 11) is 0. The Morgan fingerprint density at radius 1 is 1.12 bits per heavy atom. The summed E-state index contributed by atoms with van der Waals surface area (Å²) in [5, 5.41) is 0. The van der Waals surface area contributed by atoms with Crippen LogP contribution in [0.4, 0.5) is 0 Å². The summed E-state index contributed by atoms with van der Waals surface area (Å²) in [6, 6.07) is 16.7. The zero-order valence-electron chi connectivity index (χ0n) is 9.56. The number of hydrogen-bond donors (Lipinski definition) is 1. The molecule has 0 fully saturated rings. The van der Waals surface area contributed by atoms with Gasteiger partial charge in [0.2, 0.25) is 0 Å². The van der Waals surface area contributed by atoms with Crippen LogP contribution in [0.3, 0.4) is 0 Å². The van der Waals surface area contributed by atoms with E-state index in [9.17, 15) is 0 Å². The molecule has 0 amide bonds. The Balaban J connectivity index is 2.23. The quantitative estimate of drug-likeness (QED) is 0.895. The van der Waals surface area contributed by atoms with E-state index in [1.165, 1.54) is 9.79 Å². The van der Waals surface area contributed by atoms with Gasteiger partial charge in [0, 0.05) is 20.3 Å². The second-order valence-electron chi connectivity index (χ2n) is 3.89. The van der Waals surface area contributed by atoms with Crippen molar-refractivity contribution < 1.29 is 0 Å². The number of nitrogens with two attached hydrogens (primary N) is 1. The van der Waals surface area contributed by atoms with Crippen molar-refractivity contribution in [2.24, 2.45) is 5.73 Å². The summed E-state index contributed by atoms with van der Waals surface area (Å²) >= 11 is 5.34. The van der Waals surface area contributed by atoms with Crippen molar-refractivity contribution in [1.82, 2.24) is 0 Å². The molecule has 0 bridgehead atoms. The van der Waals surface area contributed by atoms with Gasteiger partial charge in [0.1, 0.15) is 0 Å². The van der Waals surface area contributed by atoms with Crippen molar-refractivity contribution in [2.75, 3.05) is 0 Å². The van der Waals surface area contributed by atoms with E-state index in [0.29, 0.717) is 0 Å². The van der Waals surface area contributed by atoms with Crippen molar-refractivity contribution in [3.63, 3.8) is 0 Å². The normalized spacial score (nSPS) is 12.4. The van der Waals surface area contributed by atoms with Gasteiger partial charge in [-0.25, -0.2) is 0 Å². The van der Waals surface area contributed by atoms with Crippen LogP contribution in [0, 0.1) is 0 Å². The fourth-order valence-electron chi connectivity index (χ4n) is 1.50. The second-order valence-corrected chi connectivity index (χ2v) is 5.86. The molecule has 0 saturated heterocycles. The van der Waals surface area contributed by atoms with Gasteiger partial charge in [0.05, 0.1) is 0 Å². The Labute approximate surface area is 115 Å². The van der Waals surface area contributed by atoms with Crippen LogP contribution < -0.4 is 5.73 Å². The first kappa shape index (κ1) is 12.7. The molecule has 2 aromatic carbocycles. The zero-order chi connectivity index (χ0) is 12.3. The largest absolute Gasteiger partial charge is 0.324 e. The van der Waals surface area contributed by atoms with Crippen LogP contribution in [0.1, 0.15) is 18.5 Å². The SMILES string of the molecule is C[C@H](N)c1ccc(Sc2ccccc2)c(Br)c1. The summed E-state index contributed by atoms with van der Waals surface area (Å²) in [5.41, 5.74) is 7.01. The van der Waals surface area contributed by atoms with Crippen molar-refractivity contribution in [3.8, 4) is 0 Å². The average Bonchev–Trinajstić information content (AvgIpc) is 2.33. The number of halogens is 1. The van der Waals surface area contributed by atoms with Crippen molar-refractivity contribution in [2.45, 2.75) is 22.8 Å². The summed E-state index contributed by atoms with van der Waals surface area (Å²) in [6.07, 6.45) is 0. The van der Waals surface area contributed by atoms with Crippen molar-refractivity contribution >= 4 is 27.7 Å². The van der Waals surface area contributed by atoms with Gasteiger partial charge in [-0.1, -0.05) is 36.0 Å². The first-order valence-electron chi connectivity index (χ1n) is 5.45. The molecule has 0 aromatic heterocycles. The predicted molar refractivity (Wildman–Crippen MR) is 77.3 cm³/mol. The highest BCUT2D eigenvalue weighted by Crippen LogP contribution is 2.34. The van der Waals surface area contributed by atoms with Gasteiger partial charge >= 0.3 is 0 Å². The maximum absolute atomic E-state index is 5.86. The van der Waals surface area contributed by atoms with Gasteiger partial charge in [-0.15, -0.1) is 0 Å². The first-order chi connectivity index (χ1) is 8.16. The molecule has 2 N–H and O–H groups in total. The number of hydrogen-bond acceptors (Lipinski definition) is 2. The number of rotatable bonds is 3. The van der Waals surface area contributed by atoms with E-state index >= 15 is 0 Å². The van der Waals surface area contributed by atoms with Gasteiger partial charge in [-0.2, -0.15) is 0 Å². The third-order valence-electron chi connectivity index (χ3n) is 2.45. The third kappa shape index (κ3) is 3.35. The van der Waals surface area contributed by atoms with Gasteiger partial charge in [-0.05, 0) is 52.7 Å². The molecule has 0 aliphatic rings. The van der Waals surface area contributed by atoms with E-state index in [0.717, 1.165) is 10.0 Å². The lowest BCUT2D eigenvalue weighted by molar-refractivity contribution is 0.815. The molecular formula is C14H14BrNS. The smallest absolute Gasteiger partial charge is 0.0318 e. The van der Waals surface area contributed by atoms with E-state index in [1.54, 1.807) is 11.8 Å². The van der Waals surface area contributed by atoms with E-state index in [2.05, 4.69) is 46.3 Å². The van der Waals surface area contributed by atoms with Crippen LogP contribution in [0.15, 0.2) is 62.8 Å². The van der Waals surface area contributed by atoms with E-state index in [-0.39, 0.29) is 6.04 Å². The highest BCUT2D eigenvalue weighted by Gasteiger charge is 2.05. The Morgan fingerprint density at radius 2 is 1.82 bits per heavy atom. The van der Waals surface area contributed by atoms with E-state index in [1.807, 2.05) is 25.1 Å². The molecule has 0 unspecified atom stereocenters. The Hall–Kier alpha value is -0.770. The molecule has 0 saturated carbocycles. The van der Waals surface area contributed by atoms with Crippen molar-refractivity contribution in [3.05, 3.63) is 58.6 Å². The standard InChI is InChI=1S/C14H14BrNS/c1-10(16)11-7-8-14(13(15)9-11)17-12-5-3-2-4-6-12/h2-10H,16H2,1H3/t10-/m0/s1. The minimum absolute atomic E-state index is 0.0714. The molecule has 0 aliphatic heterocycles. The lowest BCUT2D eigenvalue weighted by Gasteiger charge is -2.09. The van der Waals surface area contributed by atoms with Gasteiger partial charge in [0.25, 0.3) is 0 Å². The van der Waals surface area contributed by atoms with Crippen LogP contribution in [0.2, 0.25) is 0 Å². The highest BCUT2D eigenvalue weighted by atomic mass is 79.9. The van der Waals surface area contributed by atoms with Crippen LogP contribution in [-0.2, 0) is 0 Å². The minimum Gasteiger partial charge on any atom is -0.324 e. The average molecular weight is 308 g/mol. The fourth-order valence-corrected chi connectivity index (χ4v) is 2.98. The van der Waals surface area contributed by atoms with Crippen molar-refractivity contribution in [1.29, 1.82) is 0 Å². The molecule has 0 heterocycles. The van der Waals surface area contributed by atoms with E-state index < -0.39 is 0 Å². The monoisotopic (exact) mass is 307 g/mol. The molecule has 17 heavy (non-hydrogen) atoms. The molecule has 0 spiro atoms. The molecule has 3 heteroatoms. The van der Waals surface area contributed by atoms with Crippen LogP contribution in [-0.4, -0.2) is 0 Å². The third-order valence-corrected chi connectivity index (χ3v) is 4.46. The van der Waals surface area contributed by atoms with Crippen LogP contribution in [0.5, 0.6) is 0 Å². The van der Waals surface area contributed by atoms with E-state index in [4.69, 9.17) is 5.73 Å². The Morgan fingerprint density at radius 3 is 2.41 bits per heavy atom. The lowest BCUT2D eigenvalue weighted by atomic mass is 10.1. The maximum Gasteiger partial charge on any atom is 0.0318 e. The number of benzene rings is 2. The molecular weight excluding hydrogens is 294 g/mol. The molecule has 2 aromatic rings. The highest BCUT2D eigenvalue weighted by molar-refractivity contribution is 9.10. The molecule has 1 atom stereocenters. The Kier molecular flexibility index (Phi) is 4.26. The summed E-state index contributed by atoms with van der Waals surface area (Å²) in [5.74, 6) is 0. The molecule has 0 aliphatic carbocycles. The first-order valence-corrected chi connectivity index (χ1v) is 7.05. The lowest BCUT2D eigenvalue weighted by Crippen LogP contribution is -2.04. The molecule has 0 radical (unpaired) electrons. The van der Waals surface area contributed by atoms with Crippen LogP contribution in [0.25, 0.3) is 0 Å². The summed E-state index contributed by atoms with van der Waals surface area (Å²) in [4.78, 5) is 2.45. The predicted octanol–water partition coefficient (Wildman–Crippen LogP) is 4.62. The molecule has 88 valence electrons. The fraction of sp³-hybridized carbons (Fsp3) is 0.143. The molecule has 2 rings (SSSR count). The second kappa shape index (κ2) is 5.71. The van der Waals surface area contributed by atoms with Gasteiger partial charge in [0.15, 0.2) is 0 Å². The maximum atomic E-state index is 5.86. The molecule has 1 nitrogen and oxygen atoms in total. The Bertz CT molecular complexity index is 497. The van der Waals surface area contributed by atoms with Crippen LogP contribution >= 0.6 is 27.7 Å². The topological polar surface area (TPSA) is 26.0 Å². The zero-order valence-corrected chi connectivity index (χ0v) is 12.0.